The highest BCUT2D eigenvalue weighted by molar-refractivity contribution is 5.83. The van der Waals surface area contributed by atoms with Crippen LogP contribution in [0.1, 0.15) is 30.4 Å². The van der Waals surface area contributed by atoms with Crippen LogP contribution in [-0.2, 0) is 16.0 Å². The van der Waals surface area contributed by atoms with Crippen molar-refractivity contribution in [1.82, 2.24) is 5.32 Å². The predicted octanol–water partition coefficient (Wildman–Crippen LogP) is 1.31. The molecule has 1 aromatic rings. The molecule has 1 aliphatic rings. The molecule has 0 bridgehead atoms. The molecule has 17 heavy (non-hydrogen) atoms. The van der Waals surface area contributed by atoms with Crippen molar-refractivity contribution in [2.24, 2.45) is 0 Å². The van der Waals surface area contributed by atoms with Crippen molar-refractivity contribution in [2.45, 2.75) is 31.7 Å². The molecular weight excluding hydrogens is 218 g/mol. The van der Waals surface area contributed by atoms with Crippen molar-refractivity contribution in [1.29, 1.82) is 0 Å². The number of carbonyl (C=O) groups is 2. The summed E-state index contributed by atoms with van der Waals surface area (Å²) in [5.74, 6) is -1.39. The number of amides is 1. The van der Waals surface area contributed by atoms with Gasteiger partial charge in [-0.3, -0.25) is 4.79 Å². The normalized spacial score (nSPS) is 19.5. The van der Waals surface area contributed by atoms with Gasteiger partial charge in [-0.2, -0.15) is 0 Å². The molecule has 4 heteroatoms. The maximum Gasteiger partial charge on any atom is 0.326 e. The fourth-order valence-electron chi connectivity index (χ4n) is 2.49. The first-order chi connectivity index (χ1) is 8.09. The molecule has 0 saturated heterocycles. The van der Waals surface area contributed by atoms with Crippen LogP contribution < -0.4 is 5.32 Å². The minimum atomic E-state index is -0.970. The van der Waals surface area contributed by atoms with Crippen molar-refractivity contribution in [3.05, 3.63) is 35.4 Å². The van der Waals surface area contributed by atoms with Gasteiger partial charge in [0.1, 0.15) is 6.04 Å². The van der Waals surface area contributed by atoms with E-state index in [4.69, 9.17) is 0 Å². The monoisotopic (exact) mass is 233 g/mol. The van der Waals surface area contributed by atoms with Crippen LogP contribution in [0.25, 0.3) is 0 Å². The van der Waals surface area contributed by atoms with Crippen LogP contribution in [0.5, 0.6) is 0 Å². The fourth-order valence-corrected chi connectivity index (χ4v) is 2.49. The van der Waals surface area contributed by atoms with Gasteiger partial charge in [-0.05, 0) is 24.0 Å². The lowest BCUT2D eigenvalue weighted by molar-refractivity contribution is -0.142. The van der Waals surface area contributed by atoms with Crippen molar-refractivity contribution in [2.75, 3.05) is 0 Å². The number of carbonyl (C=O) groups excluding carboxylic acids is 1. The van der Waals surface area contributed by atoms with Gasteiger partial charge in [0.05, 0.1) is 0 Å². The summed E-state index contributed by atoms with van der Waals surface area (Å²) in [4.78, 5) is 22.3. The van der Waals surface area contributed by atoms with E-state index in [0.717, 1.165) is 18.4 Å². The smallest absolute Gasteiger partial charge is 0.326 e. The first-order valence-electron chi connectivity index (χ1n) is 5.67. The second kappa shape index (κ2) is 4.57. The van der Waals surface area contributed by atoms with Gasteiger partial charge in [0.15, 0.2) is 0 Å². The van der Waals surface area contributed by atoms with Crippen molar-refractivity contribution in [3.8, 4) is 0 Å². The molecule has 1 aromatic carbocycles. The van der Waals surface area contributed by atoms with Crippen molar-refractivity contribution < 1.29 is 14.7 Å². The van der Waals surface area contributed by atoms with E-state index < -0.39 is 12.0 Å². The molecule has 4 nitrogen and oxygen atoms in total. The Balaban J connectivity index is 2.27. The lowest BCUT2D eigenvalue weighted by Crippen LogP contribution is -2.43. The molecule has 0 unspecified atom stereocenters. The molecule has 90 valence electrons. The summed E-state index contributed by atoms with van der Waals surface area (Å²) in [6.45, 7) is 1.34. The summed E-state index contributed by atoms with van der Waals surface area (Å²) in [5.41, 5.74) is 2.24. The van der Waals surface area contributed by atoms with Gasteiger partial charge in [-0.1, -0.05) is 24.3 Å². The number of hydrogen-bond donors (Lipinski definition) is 2. The van der Waals surface area contributed by atoms with Crippen molar-refractivity contribution in [3.63, 3.8) is 0 Å². The molecule has 0 aromatic heterocycles. The van der Waals surface area contributed by atoms with E-state index in [0.29, 0.717) is 0 Å². The largest absolute Gasteiger partial charge is 0.480 e. The Labute approximate surface area is 99.6 Å². The lowest BCUT2D eigenvalue weighted by atomic mass is 9.93. The van der Waals surface area contributed by atoms with Crippen LogP contribution in [0.3, 0.4) is 0 Å². The summed E-state index contributed by atoms with van der Waals surface area (Å²) >= 11 is 0. The van der Waals surface area contributed by atoms with Gasteiger partial charge >= 0.3 is 5.97 Å². The number of carboxylic acids is 1. The van der Waals surface area contributed by atoms with Gasteiger partial charge in [-0.25, -0.2) is 4.79 Å². The van der Waals surface area contributed by atoms with Crippen LogP contribution in [-0.4, -0.2) is 23.0 Å². The standard InChI is InChI=1S/C13H15NO3/c1-8(15)14-12(13(16)17)11-7-6-9-4-2-3-5-10(9)11/h2-5,11-12H,6-7H2,1H3,(H,14,15)(H,16,17)/t11-,12+/m1/s1. The van der Waals surface area contributed by atoms with Crippen LogP contribution in [0.15, 0.2) is 24.3 Å². The molecule has 0 spiro atoms. The van der Waals surface area contributed by atoms with Crippen LogP contribution in [0.2, 0.25) is 0 Å². The third-order valence-corrected chi connectivity index (χ3v) is 3.21. The van der Waals surface area contributed by atoms with Gasteiger partial charge in [0.2, 0.25) is 5.91 Å². The summed E-state index contributed by atoms with van der Waals surface area (Å²) in [6, 6.07) is 7.00. The number of carboxylic acid groups (broad SMARTS) is 1. The zero-order valence-corrected chi connectivity index (χ0v) is 9.64. The third kappa shape index (κ3) is 2.30. The minimum Gasteiger partial charge on any atom is -0.480 e. The van der Waals surface area contributed by atoms with E-state index in [1.54, 1.807) is 0 Å². The Hall–Kier alpha value is -1.84. The number of fused-ring (bicyclic) bond motifs is 1. The first-order valence-corrected chi connectivity index (χ1v) is 5.67. The number of benzene rings is 1. The molecule has 0 radical (unpaired) electrons. The molecule has 0 heterocycles. The maximum atomic E-state index is 11.2. The van der Waals surface area contributed by atoms with Gasteiger partial charge in [-0.15, -0.1) is 0 Å². The summed E-state index contributed by atoms with van der Waals surface area (Å²) < 4.78 is 0. The van der Waals surface area contributed by atoms with Gasteiger partial charge < -0.3 is 10.4 Å². The highest BCUT2D eigenvalue weighted by Gasteiger charge is 2.34. The molecule has 2 atom stereocenters. The van der Waals surface area contributed by atoms with E-state index in [-0.39, 0.29) is 11.8 Å². The van der Waals surface area contributed by atoms with E-state index in [2.05, 4.69) is 5.32 Å². The van der Waals surface area contributed by atoms with Gasteiger partial charge in [0.25, 0.3) is 0 Å². The number of hydrogen-bond acceptors (Lipinski definition) is 2. The Kier molecular flexibility index (Phi) is 3.13. The van der Waals surface area contributed by atoms with Crippen LogP contribution in [0.4, 0.5) is 0 Å². The van der Waals surface area contributed by atoms with E-state index in [9.17, 15) is 14.7 Å². The van der Waals surface area contributed by atoms with Crippen LogP contribution in [0, 0.1) is 0 Å². The highest BCUT2D eigenvalue weighted by Crippen LogP contribution is 2.35. The fraction of sp³-hybridized carbons (Fsp3) is 0.385. The molecule has 1 amide bonds. The van der Waals surface area contributed by atoms with Crippen molar-refractivity contribution >= 4 is 11.9 Å². The number of aryl methyl sites for hydroxylation is 1. The molecule has 1 aliphatic carbocycles. The summed E-state index contributed by atoms with van der Waals surface area (Å²) in [7, 11) is 0. The quantitative estimate of drug-likeness (QED) is 0.827. The number of aliphatic carboxylic acids is 1. The second-order valence-electron chi connectivity index (χ2n) is 4.36. The Morgan fingerprint density at radius 2 is 2.12 bits per heavy atom. The topological polar surface area (TPSA) is 66.4 Å². The lowest BCUT2D eigenvalue weighted by Gasteiger charge is -2.21. The van der Waals surface area contributed by atoms with E-state index in [1.165, 1.54) is 12.5 Å². The first kappa shape index (κ1) is 11.6. The third-order valence-electron chi connectivity index (χ3n) is 3.21. The highest BCUT2D eigenvalue weighted by atomic mass is 16.4. The molecule has 2 rings (SSSR count). The number of rotatable bonds is 3. The van der Waals surface area contributed by atoms with Gasteiger partial charge in [0, 0.05) is 12.8 Å². The summed E-state index contributed by atoms with van der Waals surface area (Å²) in [6.07, 6.45) is 1.65. The average molecular weight is 233 g/mol. The molecule has 0 saturated carbocycles. The zero-order valence-electron chi connectivity index (χ0n) is 9.64. The average Bonchev–Trinajstić information content (AvgIpc) is 2.69. The minimum absolute atomic E-state index is 0.118. The Morgan fingerprint density at radius 1 is 1.41 bits per heavy atom. The van der Waals surface area contributed by atoms with E-state index in [1.807, 2.05) is 24.3 Å². The Morgan fingerprint density at radius 3 is 2.76 bits per heavy atom. The van der Waals surface area contributed by atoms with E-state index >= 15 is 0 Å². The number of nitrogens with one attached hydrogen (secondary N) is 1. The molecule has 2 N–H and O–H groups in total. The molecular formula is C13H15NO3. The predicted molar refractivity (Wildman–Crippen MR) is 62.7 cm³/mol. The Bertz CT molecular complexity index is 456. The SMILES string of the molecule is CC(=O)N[C@H](C(=O)O)[C@@H]1CCc2ccccc21. The second-order valence-corrected chi connectivity index (χ2v) is 4.36. The molecule has 0 fully saturated rings. The zero-order chi connectivity index (χ0) is 12.4. The maximum absolute atomic E-state index is 11.2. The summed E-state index contributed by atoms with van der Waals surface area (Å²) in [5, 5.41) is 11.7. The molecule has 0 aliphatic heterocycles. The van der Waals surface area contributed by atoms with Crippen LogP contribution >= 0.6 is 0 Å².